The van der Waals surface area contributed by atoms with Gasteiger partial charge < -0.3 is 9.47 Å². The van der Waals surface area contributed by atoms with E-state index in [0.717, 1.165) is 27.0 Å². The van der Waals surface area contributed by atoms with Crippen LogP contribution in [0.3, 0.4) is 0 Å². The van der Waals surface area contributed by atoms with Crippen molar-refractivity contribution in [2.75, 3.05) is 19.5 Å². The van der Waals surface area contributed by atoms with Crippen molar-refractivity contribution in [1.82, 2.24) is 9.97 Å². The molecule has 2 heterocycles. The fourth-order valence-corrected chi connectivity index (χ4v) is 4.01. The number of benzene rings is 2. The van der Waals surface area contributed by atoms with Crippen LogP contribution in [-0.4, -0.2) is 30.1 Å². The largest absolute Gasteiger partial charge is 0.497 e. The lowest BCUT2D eigenvalue weighted by Gasteiger charge is -2.13. The molecule has 7 heteroatoms. The molecule has 0 aliphatic heterocycles. The molecule has 4 rings (SSSR count). The highest BCUT2D eigenvalue weighted by molar-refractivity contribution is 7.15. The third-order valence-corrected chi connectivity index (χ3v) is 5.88. The summed E-state index contributed by atoms with van der Waals surface area (Å²) in [6.07, 6.45) is 0. The lowest BCUT2D eigenvalue weighted by atomic mass is 10.0. The van der Waals surface area contributed by atoms with Crippen molar-refractivity contribution >= 4 is 33.3 Å². The van der Waals surface area contributed by atoms with Gasteiger partial charge in [-0.25, -0.2) is 9.97 Å². The van der Waals surface area contributed by atoms with Gasteiger partial charge in [0.1, 0.15) is 11.5 Å². The second-order valence-corrected chi connectivity index (χ2v) is 7.96. The molecule has 0 atom stereocenters. The highest BCUT2D eigenvalue weighted by atomic mass is 32.1. The van der Waals surface area contributed by atoms with E-state index in [1.807, 2.05) is 50.2 Å². The predicted octanol–water partition coefficient (Wildman–Crippen LogP) is 5.24. The monoisotopic (exact) mass is 419 g/mol. The van der Waals surface area contributed by atoms with Crippen LogP contribution in [0.2, 0.25) is 0 Å². The van der Waals surface area contributed by atoms with Crippen LogP contribution in [0, 0.1) is 13.8 Å². The first-order chi connectivity index (χ1) is 14.5. The number of ether oxygens (including phenoxy) is 2. The number of para-hydroxylation sites is 1. The van der Waals surface area contributed by atoms with Gasteiger partial charge in [-0.1, -0.05) is 18.2 Å². The predicted molar refractivity (Wildman–Crippen MR) is 120 cm³/mol. The molecule has 2 aromatic heterocycles. The number of hydrogen-bond donors (Lipinski definition) is 1. The Morgan fingerprint density at radius 2 is 1.80 bits per heavy atom. The Kier molecular flexibility index (Phi) is 5.37. The van der Waals surface area contributed by atoms with E-state index in [-0.39, 0.29) is 5.91 Å². The summed E-state index contributed by atoms with van der Waals surface area (Å²) < 4.78 is 10.8. The number of hydrogen-bond acceptors (Lipinski definition) is 6. The molecule has 0 fully saturated rings. The van der Waals surface area contributed by atoms with Crippen molar-refractivity contribution in [3.05, 3.63) is 64.7 Å². The molecule has 30 heavy (non-hydrogen) atoms. The second-order valence-electron chi connectivity index (χ2n) is 6.75. The van der Waals surface area contributed by atoms with E-state index in [9.17, 15) is 4.79 Å². The Bertz CT molecular complexity index is 1230. The number of amides is 1. The average Bonchev–Trinajstić information content (AvgIpc) is 3.08. The number of fused-ring (bicyclic) bond motifs is 1. The Balaban J connectivity index is 1.83. The third kappa shape index (κ3) is 3.71. The van der Waals surface area contributed by atoms with Crippen molar-refractivity contribution in [3.8, 4) is 22.8 Å². The molecule has 4 aromatic rings. The number of aryl methyl sites for hydroxylation is 2. The second kappa shape index (κ2) is 8.12. The molecule has 0 bridgehead atoms. The summed E-state index contributed by atoms with van der Waals surface area (Å²) in [5.41, 5.74) is 3.59. The smallest absolute Gasteiger partial charge is 0.258 e. The standard InChI is InChI=1S/C23H21N3O3S/c1-13-14(2)30-23(24-13)26-22(27)18-12-20(25-19-8-6-5-7-16(18)19)17-10-9-15(28-3)11-21(17)29-4/h5-12H,1-4H3,(H,24,26,27). The van der Waals surface area contributed by atoms with E-state index in [1.54, 1.807) is 26.4 Å². The van der Waals surface area contributed by atoms with Gasteiger partial charge in [-0.05, 0) is 38.1 Å². The van der Waals surface area contributed by atoms with Crippen LogP contribution in [0.15, 0.2) is 48.5 Å². The molecule has 0 spiro atoms. The van der Waals surface area contributed by atoms with Crippen LogP contribution in [-0.2, 0) is 0 Å². The number of anilines is 1. The molecule has 152 valence electrons. The Morgan fingerprint density at radius 1 is 1.00 bits per heavy atom. The third-order valence-electron chi connectivity index (χ3n) is 4.89. The van der Waals surface area contributed by atoms with E-state index >= 15 is 0 Å². The molecular formula is C23H21N3O3S. The van der Waals surface area contributed by atoms with Gasteiger partial charge in [-0.15, -0.1) is 11.3 Å². The first kappa shape index (κ1) is 19.8. The van der Waals surface area contributed by atoms with Crippen LogP contribution in [0.4, 0.5) is 5.13 Å². The lowest BCUT2D eigenvalue weighted by Crippen LogP contribution is -2.13. The number of methoxy groups -OCH3 is 2. The van der Waals surface area contributed by atoms with E-state index in [0.29, 0.717) is 27.9 Å². The van der Waals surface area contributed by atoms with Gasteiger partial charge >= 0.3 is 0 Å². The fourth-order valence-electron chi connectivity index (χ4n) is 3.20. The molecule has 0 aliphatic rings. The quantitative estimate of drug-likeness (QED) is 0.479. The van der Waals surface area contributed by atoms with E-state index in [2.05, 4.69) is 10.3 Å². The van der Waals surface area contributed by atoms with Crippen molar-refractivity contribution in [2.45, 2.75) is 13.8 Å². The molecule has 0 aliphatic carbocycles. The first-order valence-electron chi connectivity index (χ1n) is 9.37. The minimum Gasteiger partial charge on any atom is -0.497 e. The van der Waals surface area contributed by atoms with Crippen LogP contribution in [0.1, 0.15) is 20.9 Å². The number of nitrogens with one attached hydrogen (secondary N) is 1. The Hall–Kier alpha value is -3.45. The van der Waals surface area contributed by atoms with Gasteiger partial charge in [0.15, 0.2) is 5.13 Å². The maximum Gasteiger partial charge on any atom is 0.258 e. The summed E-state index contributed by atoms with van der Waals surface area (Å²) in [6, 6.07) is 14.9. The summed E-state index contributed by atoms with van der Waals surface area (Å²) >= 11 is 1.46. The maximum atomic E-state index is 13.2. The minimum atomic E-state index is -0.226. The zero-order valence-electron chi connectivity index (χ0n) is 17.1. The Morgan fingerprint density at radius 3 is 2.50 bits per heavy atom. The fraction of sp³-hybridized carbons (Fsp3) is 0.174. The van der Waals surface area contributed by atoms with Crippen molar-refractivity contribution in [2.24, 2.45) is 0 Å². The topological polar surface area (TPSA) is 73.3 Å². The van der Waals surface area contributed by atoms with E-state index in [1.165, 1.54) is 11.3 Å². The maximum absolute atomic E-state index is 13.2. The number of aromatic nitrogens is 2. The van der Waals surface area contributed by atoms with Gasteiger partial charge in [0, 0.05) is 21.9 Å². The van der Waals surface area contributed by atoms with Crippen LogP contribution >= 0.6 is 11.3 Å². The number of nitrogens with zero attached hydrogens (tertiary/aromatic N) is 2. The molecule has 0 radical (unpaired) electrons. The average molecular weight is 420 g/mol. The van der Waals surface area contributed by atoms with Gasteiger partial charge in [0.05, 0.1) is 36.7 Å². The summed E-state index contributed by atoms with van der Waals surface area (Å²) in [6.45, 7) is 3.91. The molecular weight excluding hydrogens is 398 g/mol. The van der Waals surface area contributed by atoms with Crippen molar-refractivity contribution < 1.29 is 14.3 Å². The van der Waals surface area contributed by atoms with Gasteiger partial charge in [0.2, 0.25) is 0 Å². The van der Waals surface area contributed by atoms with Gasteiger partial charge in [-0.3, -0.25) is 10.1 Å². The zero-order valence-corrected chi connectivity index (χ0v) is 18.0. The van der Waals surface area contributed by atoms with Crippen LogP contribution < -0.4 is 14.8 Å². The first-order valence-corrected chi connectivity index (χ1v) is 10.2. The molecule has 0 saturated heterocycles. The SMILES string of the molecule is COc1ccc(-c2cc(C(=O)Nc3nc(C)c(C)s3)c3ccccc3n2)c(OC)c1. The van der Waals surface area contributed by atoms with Crippen LogP contribution in [0.5, 0.6) is 11.5 Å². The number of thiazole rings is 1. The van der Waals surface area contributed by atoms with E-state index < -0.39 is 0 Å². The summed E-state index contributed by atoms with van der Waals surface area (Å²) in [4.78, 5) is 23.4. The highest BCUT2D eigenvalue weighted by Crippen LogP contribution is 2.34. The van der Waals surface area contributed by atoms with Crippen LogP contribution in [0.25, 0.3) is 22.2 Å². The molecule has 6 nitrogen and oxygen atoms in total. The molecule has 0 saturated carbocycles. The highest BCUT2D eigenvalue weighted by Gasteiger charge is 2.18. The Labute approximate surface area is 178 Å². The summed E-state index contributed by atoms with van der Waals surface area (Å²) in [5.74, 6) is 1.08. The number of carbonyl (C=O) groups is 1. The molecule has 1 amide bonds. The van der Waals surface area contributed by atoms with Gasteiger partial charge in [-0.2, -0.15) is 0 Å². The lowest BCUT2D eigenvalue weighted by molar-refractivity contribution is 0.102. The number of carbonyl (C=O) groups excluding carboxylic acids is 1. The molecule has 2 aromatic carbocycles. The number of pyridine rings is 1. The van der Waals surface area contributed by atoms with Crippen molar-refractivity contribution in [3.63, 3.8) is 0 Å². The summed E-state index contributed by atoms with van der Waals surface area (Å²) in [7, 11) is 3.20. The van der Waals surface area contributed by atoms with Crippen molar-refractivity contribution in [1.29, 1.82) is 0 Å². The minimum absolute atomic E-state index is 0.226. The normalized spacial score (nSPS) is 10.8. The molecule has 1 N–H and O–H groups in total. The summed E-state index contributed by atoms with van der Waals surface area (Å²) in [5, 5.41) is 4.28. The number of rotatable bonds is 5. The van der Waals surface area contributed by atoms with E-state index in [4.69, 9.17) is 14.5 Å². The van der Waals surface area contributed by atoms with Gasteiger partial charge in [0.25, 0.3) is 5.91 Å². The zero-order chi connectivity index (χ0) is 21.3. The molecule has 0 unspecified atom stereocenters.